The summed E-state index contributed by atoms with van der Waals surface area (Å²) < 4.78 is 5.74. The third-order valence-corrected chi connectivity index (χ3v) is 6.29. The fourth-order valence-corrected chi connectivity index (χ4v) is 4.40. The van der Waals surface area contributed by atoms with E-state index in [0.717, 1.165) is 59.6 Å². The first kappa shape index (κ1) is 22.5. The van der Waals surface area contributed by atoms with Gasteiger partial charge in [0.1, 0.15) is 5.82 Å². The summed E-state index contributed by atoms with van der Waals surface area (Å²) in [6, 6.07) is 14.0. The number of aromatic amines is 1. The number of hydrogen-bond donors (Lipinski definition) is 1. The Morgan fingerprint density at radius 1 is 1.03 bits per heavy atom. The molecule has 4 heterocycles. The largest absolute Gasteiger partial charge is 0.334 e. The summed E-state index contributed by atoms with van der Waals surface area (Å²) in [5.74, 6) is 1.51. The monoisotopic (exact) mass is 468 g/mol. The number of unbranched alkanes of at least 4 members (excludes halogenated alkanes) is 1. The Bertz CT molecular complexity index is 1460. The van der Waals surface area contributed by atoms with Crippen LogP contribution >= 0.6 is 0 Å². The van der Waals surface area contributed by atoms with Gasteiger partial charge in [0.25, 0.3) is 0 Å². The van der Waals surface area contributed by atoms with Gasteiger partial charge in [-0.25, -0.2) is 9.89 Å². The summed E-state index contributed by atoms with van der Waals surface area (Å²) >= 11 is 0. The molecule has 0 atom stereocenters. The molecule has 9 nitrogen and oxygen atoms in total. The highest BCUT2D eigenvalue weighted by atomic mass is 16.1. The summed E-state index contributed by atoms with van der Waals surface area (Å²) in [7, 11) is 0. The van der Waals surface area contributed by atoms with Crippen molar-refractivity contribution in [3.05, 3.63) is 89.0 Å². The van der Waals surface area contributed by atoms with Gasteiger partial charge in [0.15, 0.2) is 5.82 Å². The van der Waals surface area contributed by atoms with E-state index in [1.165, 1.54) is 0 Å². The first-order valence-electron chi connectivity index (χ1n) is 11.9. The van der Waals surface area contributed by atoms with E-state index in [1.807, 2.05) is 65.6 Å². The number of hydrogen-bond acceptors (Lipinski definition) is 5. The molecular formula is C26H28N8O. The maximum Gasteiger partial charge on any atom is 0.334 e. The number of nitrogens with one attached hydrogen (secondary N) is 1. The topological polar surface area (TPSA) is 99.2 Å². The van der Waals surface area contributed by atoms with Gasteiger partial charge in [-0.05, 0) is 65.1 Å². The molecule has 0 aliphatic heterocycles. The van der Waals surface area contributed by atoms with Crippen molar-refractivity contribution in [2.24, 2.45) is 0 Å². The summed E-state index contributed by atoms with van der Waals surface area (Å²) in [5, 5.41) is 14.0. The van der Waals surface area contributed by atoms with E-state index < -0.39 is 0 Å². The number of imidazole rings is 1. The second-order valence-electron chi connectivity index (χ2n) is 8.48. The van der Waals surface area contributed by atoms with Crippen molar-refractivity contribution in [1.82, 2.24) is 39.3 Å². The van der Waals surface area contributed by atoms with Crippen LogP contribution in [0.2, 0.25) is 0 Å². The third kappa shape index (κ3) is 4.44. The first-order chi connectivity index (χ1) is 17.2. The molecule has 0 radical (unpaired) electrons. The molecule has 0 aliphatic rings. The van der Waals surface area contributed by atoms with Crippen molar-refractivity contribution in [3.8, 4) is 28.3 Å². The van der Waals surface area contributed by atoms with Crippen LogP contribution in [0.1, 0.15) is 37.9 Å². The standard InChI is InChI=1S/C26H28N8O/c1-3-5-7-22-18-34(24-8-6-15-32(24)4-2)26(35)33(22)17-21-16-27-14-13-23(21)19-9-11-20(12-10-19)25-28-30-31-29-25/h6,8-16,18H,3-5,7,17H2,1-2H3,(H,28,29,30,31). The van der Waals surface area contributed by atoms with Gasteiger partial charge in [0, 0.05) is 42.6 Å². The lowest BCUT2D eigenvalue weighted by Gasteiger charge is -2.12. The quantitative estimate of drug-likeness (QED) is 0.351. The lowest BCUT2D eigenvalue weighted by Crippen LogP contribution is -2.26. The minimum atomic E-state index is -0.0347. The minimum absolute atomic E-state index is 0.0347. The van der Waals surface area contributed by atoms with Gasteiger partial charge in [-0.1, -0.05) is 37.6 Å². The maximum atomic E-state index is 13.6. The zero-order chi connectivity index (χ0) is 24.2. The number of pyridine rings is 1. The SMILES string of the molecule is CCCCc1cn(-c2cccn2CC)c(=O)n1Cc1cnccc1-c1ccc(-c2nnn[nH]2)cc1. The van der Waals surface area contributed by atoms with Crippen LogP contribution < -0.4 is 5.69 Å². The van der Waals surface area contributed by atoms with Gasteiger partial charge in [-0.3, -0.25) is 14.1 Å². The van der Waals surface area contributed by atoms with E-state index in [-0.39, 0.29) is 5.69 Å². The van der Waals surface area contributed by atoms with Crippen molar-refractivity contribution in [2.75, 3.05) is 0 Å². The number of nitrogens with zero attached hydrogens (tertiary/aromatic N) is 7. The van der Waals surface area contributed by atoms with Gasteiger partial charge in [-0.2, -0.15) is 0 Å². The van der Waals surface area contributed by atoms with Crippen LogP contribution in [0.5, 0.6) is 0 Å². The lowest BCUT2D eigenvalue weighted by molar-refractivity contribution is 0.665. The molecule has 35 heavy (non-hydrogen) atoms. The smallest absolute Gasteiger partial charge is 0.334 e. The molecular weight excluding hydrogens is 440 g/mol. The van der Waals surface area contributed by atoms with E-state index in [1.54, 1.807) is 10.8 Å². The molecule has 0 fully saturated rings. The van der Waals surface area contributed by atoms with Crippen LogP contribution in [0.3, 0.4) is 0 Å². The van der Waals surface area contributed by atoms with Crippen molar-refractivity contribution >= 4 is 0 Å². The summed E-state index contributed by atoms with van der Waals surface area (Å²) in [6.45, 7) is 5.50. The Morgan fingerprint density at radius 2 is 1.86 bits per heavy atom. The molecule has 0 saturated carbocycles. The number of aryl methyl sites for hydroxylation is 2. The lowest BCUT2D eigenvalue weighted by atomic mass is 10.00. The number of aromatic nitrogens is 8. The third-order valence-electron chi connectivity index (χ3n) is 6.29. The average molecular weight is 469 g/mol. The van der Waals surface area contributed by atoms with Gasteiger partial charge < -0.3 is 4.57 Å². The predicted molar refractivity (Wildman–Crippen MR) is 134 cm³/mol. The molecule has 0 unspecified atom stereocenters. The highest BCUT2D eigenvalue weighted by molar-refractivity contribution is 5.69. The van der Waals surface area contributed by atoms with E-state index in [2.05, 4.69) is 44.0 Å². The molecule has 4 aromatic heterocycles. The van der Waals surface area contributed by atoms with Crippen molar-refractivity contribution < 1.29 is 0 Å². The summed E-state index contributed by atoms with van der Waals surface area (Å²) in [5.41, 5.74) is 4.98. The second-order valence-corrected chi connectivity index (χ2v) is 8.48. The molecule has 0 bridgehead atoms. The number of rotatable bonds is 9. The molecule has 0 amide bonds. The van der Waals surface area contributed by atoms with Crippen LogP contribution in [-0.2, 0) is 19.5 Å². The zero-order valence-corrected chi connectivity index (χ0v) is 19.9. The van der Waals surface area contributed by atoms with E-state index >= 15 is 0 Å². The Kier molecular flexibility index (Phi) is 6.38. The Balaban J connectivity index is 1.53. The average Bonchev–Trinajstić information content (AvgIpc) is 3.65. The molecule has 5 aromatic rings. The Labute approximate surface area is 203 Å². The van der Waals surface area contributed by atoms with E-state index in [0.29, 0.717) is 12.4 Å². The number of H-pyrrole nitrogens is 1. The normalized spacial score (nSPS) is 11.3. The van der Waals surface area contributed by atoms with E-state index in [9.17, 15) is 4.79 Å². The molecule has 0 aliphatic carbocycles. The van der Waals surface area contributed by atoms with Crippen molar-refractivity contribution in [1.29, 1.82) is 0 Å². The molecule has 5 rings (SSSR count). The first-order valence-corrected chi connectivity index (χ1v) is 11.9. The van der Waals surface area contributed by atoms with Gasteiger partial charge >= 0.3 is 5.69 Å². The maximum absolute atomic E-state index is 13.6. The molecule has 178 valence electrons. The van der Waals surface area contributed by atoms with Crippen LogP contribution in [0.25, 0.3) is 28.3 Å². The summed E-state index contributed by atoms with van der Waals surface area (Å²) in [4.78, 5) is 18.0. The van der Waals surface area contributed by atoms with Gasteiger partial charge in [0.2, 0.25) is 0 Å². The van der Waals surface area contributed by atoms with Crippen LogP contribution in [-0.4, -0.2) is 39.3 Å². The fourth-order valence-electron chi connectivity index (χ4n) is 4.40. The van der Waals surface area contributed by atoms with Crippen molar-refractivity contribution in [3.63, 3.8) is 0 Å². The van der Waals surface area contributed by atoms with Gasteiger partial charge in [-0.15, -0.1) is 5.10 Å². The highest BCUT2D eigenvalue weighted by Gasteiger charge is 2.16. The summed E-state index contributed by atoms with van der Waals surface area (Å²) in [6.07, 6.45) is 10.6. The second kappa shape index (κ2) is 9.92. The van der Waals surface area contributed by atoms with E-state index in [4.69, 9.17) is 0 Å². The van der Waals surface area contributed by atoms with Crippen LogP contribution in [0, 0.1) is 0 Å². The molecule has 1 aromatic carbocycles. The predicted octanol–water partition coefficient (Wildman–Crippen LogP) is 4.09. The molecule has 0 saturated heterocycles. The molecule has 1 N–H and O–H groups in total. The van der Waals surface area contributed by atoms with Gasteiger partial charge in [0.05, 0.1) is 6.54 Å². The minimum Gasteiger partial charge on any atom is -0.334 e. The fraction of sp³-hybridized carbons (Fsp3) is 0.269. The zero-order valence-electron chi connectivity index (χ0n) is 19.9. The van der Waals surface area contributed by atoms with Crippen LogP contribution in [0.4, 0.5) is 0 Å². The molecule has 0 spiro atoms. The highest BCUT2D eigenvalue weighted by Crippen LogP contribution is 2.26. The number of benzene rings is 1. The number of tetrazole rings is 1. The Morgan fingerprint density at radius 3 is 2.60 bits per heavy atom. The van der Waals surface area contributed by atoms with Crippen LogP contribution in [0.15, 0.2) is 72.0 Å². The Hall–Kier alpha value is -4.27. The van der Waals surface area contributed by atoms with Crippen molar-refractivity contribution in [2.45, 2.75) is 46.2 Å². The molecule has 9 heteroatoms.